The lowest BCUT2D eigenvalue weighted by Crippen LogP contribution is -2.31. The van der Waals surface area contributed by atoms with Crippen LogP contribution in [0.5, 0.6) is 0 Å². The van der Waals surface area contributed by atoms with E-state index in [1.165, 1.54) is 0 Å². The molecule has 0 saturated carbocycles. The number of H-pyrrole nitrogens is 1. The van der Waals surface area contributed by atoms with E-state index < -0.39 is 11.9 Å². The molecule has 2 heterocycles. The van der Waals surface area contributed by atoms with Gasteiger partial charge in [-0.05, 0) is 38.1 Å². The van der Waals surface area contributed by atoms with Crippen molar-refractivity contribution in [2.45, 2.75) is 19.8 Å². The number of carbonyl (C=O) groups is 2. The second-order valence-electron chi connectivity index (χ2n) is 5.95. The predicted octanol–water partition coefficient (Wildman–Crippen LogP) is 2.77. The van der Waals surface area contributed by atoms with Crippen LogP contribution in [0.1, 0.15) is 25.5 Å². The van der Waals surface area contributed by atoms with Gasteiger partial charge in [-0.25, -0.2) is 4.79 Å². The van der Waals surface area contributed by atoms with E-state index in [0.29, 0.717) is 22.7 Å². The van der Waals surface area contributed by atoms with Gasteiger partial charge in [0.25, 0.3) is 5.91 Å². The van der Waals surface area contributed by atoms with Crippen molar-refractivity contribution in [3.63, 3.8) is 0 Å². The summed E-state index contributed by atoms with van der Waals surface area (Å²) in [7, 11) is 0. The maximum atomic E-state index is 13.0. The molecular weight excluding hydrogens is 346 g/mol. The predicted molar refractivity (Wildman–Crippen MR) is 100 cm³/mol. The molecule has 2 aromatic rings. The molecule has 3 rings (SSSR count). The fourth-order valence-electron chi connectivity index (χ4n) is 3.04. The van der Waals surface area contributed by atoms with E-state index in [2.05, 4.69) is 10.3 Å². The molecule has 0 unspecified atom stereocenters. The van der Waals surface area contributed by atoms with Crippen LogP contribution in [0.15, 0.2) is 71.4 Å². The molecule has 140 valence electrons. The van der Waals surface area contributed by atoms with E-state index in [1.807, 2.05) is 18.2 Å². The average Bonchev–Trinajstić information content (AvgIpc) is 3.16. The smallest absolute Gasteiger partial charge is 0.340 e. The van der Waals surface area contributed by atoms with Crippen LogP contribution < -0.4 is 11.1 Å². The largest absolute Gasteiger partial charge is 0.462 e. The van der Waals surface area contributed by atoms with Gasteiger partial charge in [-0.2, -0.15) is 0 Å². The third kappa shape index (κ3) is 3.72. The van der Waals surface area contributed by atoms with E-state index in [4.69, 9.17) is 15.2 Å². The Morgan fingerprint density at radius 2 is 1.93 bits per heavy atom. The highest BCUT2D eigenvalue weighted by Crippen LogP contribution is 2.39. The highest BCUT2D eigenvalue weighted by molar-refractivity contribution is 6.08. The number of hydrogen-bond donors (Lipinski definition) is 3. The van der Waals surface area contributed by atoms with Crippen LogP contribution in [-0.2, 0) is 19.1 Å². The SMILES string of the molecule is CCOC(=O)C1=C(N)OC(C)=C(C(=O)Nc2ccccc2)[C@@H]1c1ccc[nH]1. The summed E-state index contributed by atoms with van der Waals surface area (Å²) in [6.07, 6.45) is 1.71. The van der Waals surface area contributed by atoms with Crippen molar-refractivity contribution in [3.05, 3.63) is 77.1 Å². The number of aromatic nitrogens is 1. The number of anilines is 1. The minimum Gasteiger partial charge on any atom is -0.462 e. The first-order chi connectivity index (χ1) is 13.0. The Bertz CT molecular complexity index is 899. The third-order valence-corrected chi connectivity index (χ3v) is 4.19. The topological polar surface area (TPSA) is 106 Å². The number of aromatic amines is 1. The Hall–Kier alpha value is -3.48. The minimum absolute atomic E-state index is 0.0678. The Morgan fingerprint density at radius 1 is 1.19 bits per heavy atom. The summed E-state index contributed by atoms with van der Waals surface area (Å²) < 4.78 is 10.7. The van der Waals surface area contributed by atoms with Crippen molar-refractivity contribution in [2.75, 3.05) is 11.9 Å². The van der Waals surface area contributed by atoms with E-state index >= 15 is 0 Å². The van der Waals surface area contributed by atoms with Crippen LogP contribution in [0, 0.1) is 0 Å². The zero-order valence-corrected chi connectivity index (χ0v) is 15.1. The van der Waals surface area contributed by atoms with Crippen LogP contribution >= 0.6 is 0 Å². The number of carbonyl (C=O) groups excluding carboxylic acids is 2. The number of amides is 1. The summed E-state index contributed by atoms with van der Waals surface area (Å²) >= 11 is 0. The standard InChI is InChI=1S/C20H21N3O4/c1-3-26-20(25)17-16(14-10-7-11-22-14)15(12(2)27-18(17)21)19(24)23-13-8-5-4-6-9-13/h4-11,16,22H,3,21H2,1-2H3,(H,23,24)/t16-/m0/s1. The van der Waals surface area contributed by atoms with Crippen molar-refractivity contribution in [1.82, 2.24) is 4.98 Å². The average molecular weight is 367 g/mol. The van der Waals surface area contributed by atoms with Crippen molar-refractivity contribution < 1.29 is 19.1 Å². The summed E-state index contributed by atoms with van der Waals surface area (Å²) in [5.41, 5.74) is 7.65. The van der Waals surface area contributed by atoms with E-state index in [9.17, 15) is 9.59 Å². The van der Waals surface area contributed by atoms with Crippen molar-refractivity contribution in [2.24, 2.45) is 5.73 Å². The van der Waals surface area contributed by atoms with Crippen LogP contribution in [0.3, 0.4) is 0 Å². The monoisotopic (exact) mass is 367 g/mol. The lowest BCUT2D eigenvalue weighted by atomic mass is 9.85. The summed E-state index contributed by atoms with van der Waals surface area (Å²) in [6.45, 7) is 3.53. The Morgan fingerprint density at radius 3 is 2.56 bits per heavy atom. The van der Waals surface area contributed by atoms with Gasteiger partial charge >= 0.3 is 5.97 Å². The molecule has 27 heavy (non-hydrogen) atoms. The lowest BCUT2D eigenvalue weighted by Gasteiger charge is -2.28. The molecule has 0 bridgehead atoms. The fraction of sp³-hybridized carbons (Fsp3) is 0.200. The molecule has 0 fully saturated rings. The normalized spacial score (nSPS) is 16.7. The van der Waals surface area contributed by atoms with Gasteiger partial charge in [0.2, 0.25) is 5.88 Å². The molecule has 1 aromatic carbocycles. The molecule has 0 radical (unpaired) electrons. The molecule has 1 aliphatic heterocycles. The molecule has 7 nitrogen and oxygen atoms in total. The molecule has 1 atom stereocenters. The first kappa shape index (κ1) is 18.3. The number of para-hydroxylation sites is 1. The maximum absolute atomic E-state index is 13.0. The molecule has 4 N–H and O–H groups in total. The van der Waals surface area contributed by atoms with Gasteiger partial charge in [-0.3, -0.25) is 4.79 Å². The zero-order chi connectivity index (χ0) is 19.4. The number of rotatable bonds is 5. The van der Waals surface area contributed by atoms with Gasteiger partial charge in [-0.1, -0.05) is 18.2 Å². The van der Waals surface area contributed by atoms with Gasteiger partial charge in [0, 0.05) is 17.6 Å². The Kier molecular flexibility index (Phi) is 5.30. The van der Waals surface area contributed by atoms with Crippen LogP contribution in [0.4, 0.5) is 5.69 Å². The number of nitrogens with two attached hydrogens (primary N) is 1. The lowest BCUT2D eigenvalue weighted by molar-refractivity contribution is -0.139. The highest BCUT2D eigenvalue weighted by atomic mass is 16.5. The molecule has 1 amide bonds. The fourth-order valence-corrected chi connectivity index (χ4v) is 3.04. The molecule has 0 aliphatic carbocycles. The zero-order valence-electron chi connectivity index (χ0n) is 15.1. The van der Waals surface area contributed by atoms with Crippen molar-refractivity contribution in [3.8, 4) is 0 Å². The first-order valence-electron chi connectivity index (χ1n) is 8.58. The van der Waals surface area contributed by atoms with Gasteiger partial charge in [-0.15, -0.1) is 0 Å². The van der Waals surface area contributed by atoms with Crippen LogP contribution in [-0.4, -0.2) is 23.5 Å². The Balaban J connectivity index is 2.03. The number of ether oxygens (including phenoxy) is 2. The second kappa shape index (κ2) is 7.82. The number of hydrogen-bond acceptors (Lipinski definition) is 5. The first-order valence-corrected chi connectivity index (χ1v) is 8.58. The van der Waals surface area contributed by atoms with Gasteiger partial charge in [0.1, 0.15) is 11.3 Å². The number of allylic oxidation sites excluding steroid dienone is 1. The summed E-state index contributed by atoms with van der Waals surface area (Å²) in [5.74, 6) is -1.47. The summed E-state index contributed by atoms with van der Waals surface area (Å²) in [4.78, 5) is 28.6. The molecular formula is C20H21N3O4. The second-order valence-corrected chi connectivity index (χ2v) is 5.95. The van der Waals surface area contributed by atoms with E-state index in [-0.39, 0.29) is 24.0 Å². The van der Waals surface area contributed by atoms with Gasteiger partial charge < -0.3 is 25.5 Å². The molecule has 0 saturated heterocycles. The minimum atomic E-state index is -0.725. The van der Waals surface area contributed by atoms with Crippen molar-refractivity contribution >= 4 is 17.6 Å². The molecule has 0 spiro atoms. The van der Waals surface area contributed by atoms with Gasteiger partial charge in [0.05, 0.1) is 18.1 Å². The quantitative estimate of drug-likeness (QED) is 0.705. The molecule has 1 aromatic heterocycles. The van der Waals surface area contributed by atoms with Crippen LogP contribution in [0.25, 0.3) is 0 Å². The third-order valence-electron chi connectivity index (χ3n) is 4.19. The summed E-state index contributed by atoms with van der Waals surface area (Å²) in [6, 6.07) is 12.6. The van der Waals surface area contributed by atoms with Crippen LogP contribution in [0.2, 0.25) is 0 Å². The van der Waals surface area contributed by atoms with E-state index in [1.54, 1.807) is 44.3 Å². The summed E-state index contributed by atoms with van der Waals surface area (Å²) in [5, 5.41) is 2.83. The highest BCUT2D eigenvalue weighted by Gasteiger charge is 2.39. The number of esters is 1. The maximum Gasteiger partial charge on any atom is 0.340 e. The Labute approximate surface area is 156 Å². The number of benzene rings is 1. The van der Waals surface area contributed by atoms with Crippen molar-refractivity contribution in [1.29, 1.82) is 0 Å². The molecule has 1 aliphatic rings. The van der Waals surface area contributed by atoms with E-state index in [0.717, 1.165) is 0 Å². The molecule has 7 heteroatoms. The number of nitrogens with one attached hydrogen (secondary N) is 2. The van der Waals surface area contributed by atoms with Gasteiger partial charge in [0.15, 0.2) is 0 Å².